The second-order valence-corrected chi connectivity index (χ2v) is 8.52. The van der Waals surface area contributed by atoms with Crippen LogP contribution < -0.4 is 10.2 Å². The van der Waals surface area contributed by atoms with Crippen molar-refractivity contribution in [2.75, 3.05) is 23.8 Å². The zero-order valence-electron chi connectivity index (χ0n) is 17.3. The monoisotopic (exact) mass is 416 g/mol. The highest BCUT2D eigenvalue weighted by atomic mass is 32.1. The maximum absolute atomic E-state index is 12.5. The number of nitrogens with one attached hydrogen (secondary N) is 1. The number of hydrogen-bond acceptors (Lipinski definition) is 5. The number of fused-ring (bicyclic) bond motifs is 1. The minimum absolute atomic E-state index is 0.00700. The fraction of sp³-hybridized carbons (Fsp3) is 0.208. The van der Waals surface area contributed by atoms with E-state index >= 15 is 0 Å². The van der Waals surface area contributed by atoms with E-state index in [9.17, 15) is 4.79 Å². The number of thiophene rings is 1. The van der Waals surface area contributed by atoms with E-state index in [2.05, 4.69) is 39.6 Å². The average molecular weight is 417 g/mol. The van der Waals surface area contributed by atoms with Crippen molar-refractivity contribution in [2.24, 2.45) is 0 Å². The summed E-state index contributed by atoms with van der Waals surface area (Å²) in [5.74, 6) is 0.838. The summed E-state index contributed by atoms with van der Waals surface area (Å²) < 4.78 is 0. The molecule has 0 saturated carbocycles. The van der Waals surface area contributed by atoms with Gasteiger partial charge < -0.3 is 10.2 Å². The number of aromatic nitrogens is 2. The number of amides is 1. The molecule has 5 nitrogen and oxygen atoms in total. The quantitative estimate of drug-likeness (QED) is 0.455. The van der Waals surface area contributed by atoms with Crippen LogP contribution >= 0.6 is 11.3 Å². The number of carbonyl (C=O) groups is 1. The van der Waals surface area contributed by atoms with Crippen LogP contribution in [-0.2, 0) is 4.79 Å². The Bertz CT molecular complexity index is 1170. The molecule has 0 unspecified atom stereocenters. The predicted octanol–water partition coefficient (Wildman–Crippen LogP) is 5.44. The Balaban J connectivity index is 1.47. The Morgan fingerprint density at radius 2 is 1.77 bits per heavy atom. The van der Waals surface area contributed by atoms with Crippen molar-refractivity contribution in [1.29, 1.82) is 0 Å². The number of nitrogens with zero attached hydrogens (tertiary/aromatic N) is 3. The van der Waals surface area contributed by atoms with Gasteiger partial charge in [0.15, 0.2) is 0 Å². The fourth-order valence-electron chi connectivity index (χ4n) is 3.54. The van der Waals surface area contributed by atoms with Crippen LogP contribution in [0.15, 0.2) is 60.9 Å². The lowest BCUT2D eigenvalue weighted by Gasteiger charge is -2.18. The van der Waals surface area contributed by atoms with Crippen LogP contribution in [0.2, 0.25) is 0 Å². The molecule has 30 heavy (non-hydrogen) atoms. The van der Waals surface area contributed by atoms with Gasteiger partial charge in [0.25, 0.3) is 0 Å². The summed E-state index contributed by atoms with van der Waals surface area (Å²) in [5, 5.41) is 4.01. The van der Waals surface area contributed by atoms with Gasteiger partial charge in [-0.05, 0) is 48.7 Å². The Hall–Kier alpha value is -3.25. The molecule has 0 fully saturated rings. The lowest BCUT2D eigenvalue weighted by molar-refractivity contribution is -0.116. The van der Waals surface area contributed by atoms with Crippen LogP contribution in [0, 0.1) is 13.8 Å². The number of anilines is 2. The van der Waals surface area contributed by atoms with Crippen LogP contribution in [0.5, 0.6) is 0 Å². The Kier molecular flexibility index (Phi) is 5.77. The van der Waals surface area contributed by atoms with E-state index in [1.165, 1.54) is 5.56 Å². The summed E-state index contributed by atoms with van der Waals surface area (Å²) >= 11 is 1.65. The van der Waals surface area contributed by atoms with Crippen LogP contribution in [0.25, 0.3) is 20.7 Å². The van der Waals surface area contributed by atoms with Crippen LogP contribution in [-0.4, -0.2) is 29.5 Å². The highest BCUT2D eigenvalue weighted by Gasteiger charge is 2.14. The summed E-state index contributed by atoms with van der Waals surface area (Å²) in [7, 11) is 1.96. The standard InChI is InChI=1S/C24H24N4OS/c1-16-11-17(2)13-19(12-16)27-22(29)9-10-28(3)23-20-14-21(18-7-5-4-6-8-18)30-24(20)26-15-25-23/h4-8,11-15H,9-10H2,1-3H3,(H,27,29). The summed E-state index contributed by atoms with van der Waals surface area (Å²) in [6.45, 7) is 4.63. The van der Waals surface area contributed by atoms with Gasteiger partial charge in [0, 0.05) is 30.6 Å². The van der Waals surface area contributed by atoms with Gasteiger partial charge in [-0.1, -0.05) is 36.4 Å². The molecule has 0 saturated heterocycles. The van der Waals surface area contributed by atoms with E-state index in [4.69, 9.17) is 0 Å². The number of benzene rings is 2. The van der Waals surface area contributed by atoms with E-state index in [0.717, 1.165) is 37.7 Å². The van der Waals surface area contributed by atoms with Gasteiger partial charge in [-0.15, -0.1) is 11.3 Å². The van der Waals surface area contributed by atoms with Crippen LogP contribution in [0.1, 0.15) is 17.5 Å². The molecule has 0 atom stereocenters. The van der Waals surface area contributed by atoms with Gasteiger partial charge in [0.2, 0.25) is 5.91 Å². The summed E-state index contributed by atoms with van der Waals surface area (Å²) in [6, 6.07) is 18.5. The van der Waals surface area contributed by atoms with Crippen molar-refractivity contribution in [1.82, 2.24) is 9.97 Å². The third-order valence-electron chi connectivity index (χ3n) is 4.91. The number of aryl methyl sites for hydroxylation is 2. The molecule has 2 aromatic carbocycles. The second kappa shape index (κ2) is 8.63. The maximum Gasteiger partial charge on any atom is 0.226 e. The second-order valence-electron chi connectivity index (χ2n) is 7.49. The minimum atomic E-state index is -0.00700. The molecule has 4 aromatic rings. The van der Waals surface area contributed by atoms with Crippen molar-refractivity contribution in [3.63, 3.8) is 0 Å². The lowest BCUT2D eigenvalue weighted by atomic mass is 10.1. The molecule has 0 bridgehead atoms. The van der Waals surface area contributed by atoms with Crippen LogP contribution in [0.4, 0.5) is 11.5 Å². The summed E-state index contributed by atoms with van der Waals surface area (Å²) in [5.41, 5.74) is 4.28. The molecular formula is C24H24N4OS. The average Bonchev–Trinajstić information content (AvgIpc) is 3.16. The maximum atomic E-state index is 12.5. The molecular weight excluding hydrogens is 392 g/mol. The SMILES string of the molecule is Cc1cc(C)cc(NC(=O)CCN(C)c2ncnc3sc(-c4ccccc4)cc23)c1. The largest absolute Gasteiger partial charge is 0.359 e. The summed E-state index contributed by atoms with van der Waals surface area (Å²) in [6.07, 6.45) is 1.97. The molecule has 0 aliphatic carbocycles. The normalized spacial score (nSPS) is 10.9. The third kappa shape index (κ3) is 4.49. The first-order valence-electron chi connectivity index (χ1n) is 9.89. The first kappa shape index (κ1) is 20.0. The van der Waals surface area contributed by atoms with E-state index in [-0.39, 0.29) is 5.91 Å². The lowest BCUT2D eigenvalue weighted by Crippen LogP contribution is -2.24. The molecule has 6 heteroatoms. The van der Waals surface area contributed by atoms with Crippen LogP contribution in [0.3, 0.4) is 0 Å². The van der Waals surface area contributed by atoms with Gasteiger partial charge in [-0.2, -0.15) is 0 Å². The number of hydrogen-bond donors (Lipinski definition) is 1. The number of carbonyl (C=O) groups excluding carboxylic acids is 1. The first-order chi connectivity index (χ1) is 14.5. The van der Waals surface area contributed by atoms with Crippen molar-refractivity contribution in [2.45, 2.75) is 20.3 Å². The third-order valence-corrected chi connectivity index (χ3v) is 6.00. The topological polar surface area (TPSA) is 58.1 Å². The smallest absolute Gasteiger partial charge is 0.226 e. The highest BCUT2D eigenvalue weighted by molar-refractivity contribution is 7.21. The molecule has 152 valence electrons. The van der Waals surface area contributed by atoms with Crippen molar-refractivity contribution in [3.05, 3.63) is 72.1 Å². The van der Waals surface area contributed by atoms with Gasteiger partial charge in [0.05, 0.1) is 5.39 Å². The Labute approximate surface area is 180 Å². The Morgan fingerprint density at radius 1 is 1.03 bits per heavy atom. The van der Waals surface area contributed by atoms with Gasteiger partial charge in [0.1, 0.15) is 17.0 Å². The van der Waals surface area contributed by atoms with Gasteiger partial charge >= 0.3 is 0 Å². The van der Waals surface area contributed by atoms with E-state index in [1.54, 1.807) is 17.7 Å². The van der Waals surface area contributed by atoms with E-state index in [1.807, 2.05) is 56.1 Å². The van der Waals surface area contributed by atoms with Crippen molar-refractivity contribution < 1.29 is 4.79 Å². The molecule has 0 aliphatic rings. The molecule has 0 spiro atoms. The molecule has 0 aliphatic heterocycles. The highest BCUT2D eigenvalue weighted by Crippen LogP contribution is 2.35. The number of rotatable bonds is 6. The van der Waals surface area contributed by atoms with Gasteiger partial charge in [-0.25, -0.2) is 9.97 Å². The van der Waals surface area contributed by atoms with E-state index in [0.29, 0.717) is 13.0 Å². The molecule has 4 rings (SSSR count). The molecule has 2 heterocycles. The molecule has 1 amide bonds. The predicted molar refractivity (Wildman–Crippen MR) is 125 cm³/mol. The van der Waals surface area contributed by atoms with Crippen molar-refractivity contribution in [3.8, 4) is 10.4 Å². The molecule has 0 radical (unpaired) electrons. The summed E-state index contributed by atoms with van der Waals surface area (Å²) in [4.78, 5) is 25.5. The minimum Gasteiger partial charge on any atom is -0.359 e. The fourth-order valence-corrected chi connectivity index (χ4v) is 4.54. The van der Waals surface area contributed by atoms with Gasteiger partial charge in [-0.3, -0.25) is 4.79 Å². The van der Waals surface area contributed by atoms with E-state index < -0.39 is 0 Å². The zero-order chi connectivity index (χ0) is 21.1. The zero-order valence-corrected chi connectivity index (χ0v) is 18.2. The Morgan fingerprint density at radius 3 is 2.50 bits per heavy atom. The molecule has 2 aromatic heterocycles. The van der Waals surface area contributed by atoms with Crippen molar-refractivity contribution >= 4 is 39.0 Å². The molecule has 1 N–H and O–H groups in total. The first-order valence-corrected chi connectivity index (χ1v) is 10.7.